The number of esters is 8. The summed E-state index contributed by atoms with van der Waals surface area (Å²) in [5, 5.41) is 1.13. The molecule has 0 aromatic heterocycles. The van der Waals surface area contributed by atoms with Crippen LogP contribution in [0.2, 0.25) is 0 Å². The average Bonchev–Trinajstić information content (AvgIpc) is 0.778. The highest BCUT2D eigenvalue weighted by Gasteiger charge is 2.61. The molecule has 12 rings (SSSR count). The molecule has 788 valence electrons. The molecule has 4 aliphatic rings. The molecule has 12 unspecified atom stereocenters. The Kier molecular flexibility index (Phi) is 43.6. The fraction of sp³-hybridized carbons (Fsp3) is 0.409. The Balaban J connectivity index is 0.000000214. The maximum atomic E-state index is 13.6. The van der Waals surface area contributed by atoms with Gasteiger partial charge in [0.2, 0.25) is 22.4 Å². The minimum atomic E-state index is -5.40. The first-order chi connectivity index (χ1) is 66.0. The molecule has 0 aliphatic heterocycles. The third-order valence-electron chi connectivity index (χ3n) is 23.4. The van der Waals surface area contributed by atoms with Gasteiger partial charge < -0.3 is 56.1 Å². The average molecular weight is 3460 g/mol. The van der Waals surface area contributed by atoms with Crippen LogP contribution in [0.4, 0.5) is 52.7 Å². The van der Waals surface area contributed by atoms with Gasteiger partial charge in [-0.3, -0.25) is 19.2 Å². The molecule has 8 aromatic carbocycles. The lowest BCUT2D eigenvalue weighted by Crippen LogP contribution is -2.53. The van der Waals surface area contributed by atoms with Crippen LogP contribution in [0.15, 0.2) is 121 Å². The van der Waals surface area contributed by atoms with Gasteiger partial charge in [0.15, 0.2) is 23.0 Å². The van der Waals surface area contributed by atoms with Crippen molar-refractivity contribution in [3.8, 4) is 23.0 Å². The van der Waals surface area contributed by atoms with Gasteiger partial charge in [-0.1, -0.05) is 49.2 Å². The van der Waals surface area contributed by atoms with E-state index >= 15 is 0 Å². The number of carbonyl (C=O) groups is 8. The highest BCUT2D eigenvalue weighted by molar-refractivity contribution is 14.1. The zero-order chi connectivity index (χ0) is 108. The summed E-state index contributed by atoms with van der Waals surface area (Å²) in [6.07, 6.45) is -15.3. The summed E-state index contributed by atoms with van der Waals surface area (Å²) < 4.78 is 345. The lowest BCUT2D eigenvalue weighted by atomic mass is 9.61. The number of hydrogen-bond donors (Lipinski definition) is 0. The molecule has 4 aliphatic carbocycles. The van der Waals surface area contributed by atoms with Crippen LogP contribution in [0.3, 0.4) is 0 Å². The van der Waals surface area contributed by atoms with Crippen molar-refractivity contribution in [2.75, 3.05) is 23.0 Å². The molecule has 0 heterocycles. The van der Waals surface area contributed by atoms with Crippen molar-refractivity contribution in [3.05, 3.63) is 186 Å². The van der Waals surface area contributed by atoms with E-state index < -0.39 is 176 Å². The second-order valence-electron chi connectivity index (χ2n) is 34.2. The van der Waals surface area contributed by atoms with Crippen LogP contribution >= 0.6 is 271 Å². The quantitative estimate of drug-likeness (QED) is 0.0135. The molecule has 144 heavy (non-hydrogen) atoms. The lowest BCUT2D eigenvalue weighted by molar-refractivity contribution is -0.259. The Morgan fingerprint density at radius 3 is 0.924 bits per heavy atom. The van der Waals surface area contributed by atoms with E-state index in [4.69, 9.17) is 23.7 Å². The van der Waals surface area contributed by atoms with E-state index in [9.17, 15) is 143 Å². The molecule has 0 radical (unpaired) electrons. The van der Waals surface area contributed by atoms with Crippen LogP contribution in [0.5, 0.6) is 23.0 Å². The molecular weight excluding hydrogens is 3380 g/mol. The minimum Gasteiger partial charge on any atom is -0.748 e. The molecular formula is C88H72F12I12O28S4-4. The summed E-state index contributed by atoms with van der Waals surface area (Å²) in [4.78, 5) is 103. The Bertz CT molecular complexity index is 6700. The largest absolute Gasteiger partial charge is 0.748 e. The normalized spacial score (nSPS) is 20.1. The highest BCUT2D eigenvalue weighted by atomic mass is 127. The number of ether oxygens (including phenoxy) is 8. The van der Waals surface area contributed by atoms with Crippen LogP contribution in [-0.2, 0) is 78.6 Å². The molecule has 8 aromatic rings. The third kappa shape index (κ3) is 33.8. The van der Waals surface area contributed by atoms with Crippen molar-refractivity contribution in [3.63, 3.8) is 0 Å². The summed E-state index contributed by atoms with van der Waals surface area (Å²) >= 11 is 25.2. The van der Waals surface area contributed by atoms with Gasteiger partial charge in [-0.25, -0.2) is 52.8 Å². The predicted octanol–water partition coefficient (Wildman–Crippen LogP) is 23.1. The van der Waals surface area contributed by atoms with Crippen LogP contribution in [-0.4, -0.2) is 170 Å². The van der Waals surface area contributed by atoms with E-state index in [2.05, 4.69) is 240 Å². The van der Waals surface area contributed by atoms with Gasteiger partial charge >= 0.3 is 72.5 Å². The number of carbonyl (C=O) groups excluding carboxylic acids is 8. The van der Waals surface area contributed by atoms with Gasteiger partial charge in [0, 0.05) is 14.3 Å². The summed E-state index contributed by atoms with van der Waals surface area (Å²) in [6.45, 7) is 1.42. The number of alkyl halides is 12. The van der Waals surface area contributed by atoms with Crippen molar-refractivity contribution < 1.29 is 181 Å². The number of benzene rings is 8. The smallest absolute Gasteiger partial charge is 0.429 e. The molecule has 0 spiro atoms. The Labute approximate surface area is 979 Å². The number of halogens is 24. The van der Waals surface area contributed by atoms with Crippen LogP contribution in [0.25, 0.3) is 21.5 Å². The standard InChI is InChI=1S/C22H24F3I3O7S.C22H14F3I3O7S.C22H24F3I3O7S.C22H14F3I3O7S/c2*1-21(22(23,24)25,10-36(31,32)33)35-20(30)15-7-3-4-12-13(15)5-2-6-14(12)19(29)34-18-16(27)8-11(26)9-17(18)28;2*1-21(22(23,24)25,10-36(31,32)33)35-20(30)14-5-3-11-6-13(4-2-12(11)7-14)19(29)34-18-16(27)8-15(26)9-17(18)28/h8-9,12-15H,2-7,10H2,1H3,(H,31,32,33);2-9H,10H2,1H3,(H,31,32,33);8-9,11-14H,2-7,10H2,1H3,(H,31,32,33);2-9H,10H2,1H3,(H,31,32,33)/p-4. The lowest BCUT2D eigenvalue weighted by Gasteiger charge is -2.44. The molecule has 4 saturated carbocycles. The van der Waals surface area contributed by atoms with E-state index in [0.29, 0.717) is 126 Å². The van der Waals surface area contributed by atoms with Crippen LogP contribution in [0.1, 0.15) is 146 Å². The fourth-order valence-corrected chi connectivity index (χ4v) is 35.2. The first-order valence-electron chi connectivity index (χ1n) is 41.5. The van der Waals surface area contributed by atoms with Crippen molar-refractivity contribution in [1.29, 1.82) is 0 Å². The Morgan fingerprint density at radius 1 is 0.312 bits per heavy atom. The van der Waals surface area contributed by atoms with E-state index in [1.54, 1.807) is 0 Å². The van der Waals surface area contributed by atoms with E-state index in [0.717, 1.165) is 47.8 Å². The maximum Gasteiger partial charge on any atom is 0.429 e. The second kappa shape index (κ2) is 50.2. The molecule has 4 fully saturated rings. The molecule has 0 saturated heterocycles. The summed E-state index contributed by atoms with van der Waals surface area (Å²) in [5.41, 5.74) is -14.4. The van der Waals surface area contributed by atoms with Gasteiger partial charge in [0.25, 0.3) is 0 Å². The van der Waals surface area contributed by atoms with Crippen molar-refractivity contribution in [2.24, 2.45) is 47.3 Å². The topological polar surface area (TPSA) is 439 Å². The Hall–Kier alpha value is -2.40. The zero-order valence-electron chi connectivity index (χ0n) is 73.6. The number of hydrogen-bond acceptors (Lipinski definition) is 28. The molecule has 28 nitrogen and oxygen atoms in total. The van der Waals surface area contributed by atoms with E-state index in [1.807, 2.05) is 93.7 Å². The Morgan fingerprint density at radius 2 is 0.590 bits per heavy atom. The van der Waals surface area contributed by atoms with Gasteiger partial charge in [-0.2, -0.15) is 52.7 Å². The summed E-state index contributed by atoms with van der Waals surface area (Å²) in [7, 11) is -21.4. The van der Waals surface area contributed by atoms with E-state index in [1.165, 1.54) is 60.7 Å². The van der Waals surface area contributed by atoms with Crippen LogP contribution in [0, 0.1) is 90.2 Å². The first-order valence-corrected chi connectivity index (χ1v) is 60.7. The fourth-order valence-electron chi connectivity index (χ4n) is 16.4. The first kappa shape index (κ1) is 125. The molecule has 12 atom stereocenters. The van der Waals surface area contributed by atoms with E-state index in [-0.39, 0.29) is 81.9 Å². The molecule has 0 bridgehead atoms. The highest BCUT2D eigenvalue weighted by Crippen LogP contribution is 2.52. The van der Waals surface area contributed by atoms with Crippen LogP contribution < -0.4 is 18.9 Å². The molecule has 0 N–H and O–H groups in total. The maximum absolute atomic E-state index is 13.6. The second-order valence-corrected chi connectivity index (χ2v) is 54.1. The van der Waals surface area contributed by atoms with Crippen molar-refractivity contribution in [2.45, 2.75) is 152 Å². The van der Waals surface area contributed by atoms with Crippen molar-refractivity contribution in [1.82, 2.24) is 0 Å². The SMILES string of the molecule is CC(CS(=O)(=O)[O-])(OC(=O)C1CCC2CC(C(=O)Oc3c(I)cc(I)cc3I)CCC2C1)C(F)(F)F.CC(CS(=O)(=O)[O-])(OC(=O)C1CCCC2C(C(=O)Oc3c(I)cc(I)cc3I)CCCC12)C(F)(F)F.CC(CS(=O)(=O)[O-])(OC(=O)c1ccc2cc(C(=O)Oc3c(I)cc(I)cc3I)ccc2c1)C(F)(F)F.CC(CS(=O)(=O)[O-])(OC(=O)c1cccc2c(C(=O)Oc3c(I)cc(I)cc3I)cccc12)C(F)(F)F. The minimum absolute atomic E-state index is 0.0271. The van der Waals surface area contributed by atoms with Gasteiger partial charge in [0.1, 0.15) is 0 Å². The van der Waals surface area contributed by atoms with Gasteiger partial charge in [-0.15, -0.1) is 0 Å². The molecule has 0 amide bonds. The van der Waals surface area contributed by atoms with Gasteiger partial charge in [-0.05, 0) is 493 Å². The zero-order valence-corrected chi connectivity index (χ0v) is 103. The monoisotopic (exact) mass is 3460 g/mol. The summed E-state index contributed by atoms with van der Waals surface area (Å²) in [6, 6.07) is 31.2. The van der Waals surface area contributed by atoms with Gasteiger partial charge in [0.05, 0.1) is 138 Å². The number of fused-ring (bicyclic) bond motifs is 4. The molecule has 56 heteroatoms. The number of rotatable bonds is 24. The third-order valence-corrected chi connectivity index (χ3v) is 35.9. The summed E-state index contributed by atoms with van der Waals surface area (Å²) in [5.74, 6) is -16.6. The van der Waals surface area contributed by atoms with Crippen molar-refractivity contribution >= 4 is 381 Å². The predicted molar refractivity (Wildman–Crippen MR) is 590 cm³/mol.